The van der Waals surface area contributed by atoms with E-state index in [2.05, 4.69) is 9.72 Å². The van der Waals surface area contributed by atoms with Crippen molar-refractivity contribution in [2.45, 2.75) is 0 Å². The Labute approximate surface area is 101 Å². The van der Waals surface area contributed by atoms with Crippen LogP contribution < -0.4 is 5.56 Å². The summed E-state index contributed by atoms with van der Waals surface area (Å²) >= 11 is 0. The number of methoxy groups -OCH3 is 1. The molecule has 0 N–H and O–H groups in total. The van der Waals surface area contributed by atoms with Gasteiger partial charge in [0.05, 0.1) is 7.11 Å². The van der Waals surface area contributed by atoms with E-state index in [0.29, 0.717) is 5.82 Å². The van der Waals surface area contributed by atoms with Crippen molar-refractivity contribution in [2.75, 3.05) is 7.11 Å². The Morgan fingerprint density at radius 3 is 2.78 bits per heavy atom. The summed E-state index contributed by atoms with van der Waals surface area (Å²) in [5, 5.41) is 0. The fraction of sp³-hybridized carbons (Fsp3) is 0.0833. The van der Waals surface area contributed by atoms with E-state index >= 15 is 0 Å². The number of pyridine rings is 2. The molecule has 18 heavy (non-hydrogen) atoms. The number of carbonyl (C=O) groups is 1. The summed E-state index contributed by atoms with van der Waals surface area (Å²) in [5.74, 6) is -1.63. The van der Waals surface area contributed by atoms with Crippen LogP contribution in [0.25, 0.3) is 5.82 Å². The molecule has 0 aliphatic rings. The molecule has 0 unspecified atom stereocenters. The van der Waals surface area contributed by atoms with Gasteiger partial charge in [0, 0.05) is 12.4 Å². The molecule has 0 amide bonds. The van der Waals surface area contributed by atoms with E-state index in [4.69, 9.17) is 0 Å². The van der Waals surface area contributed by atoms with Gasteiger partial charge in [-0.2, -0.15) is 0 Å². The minimum absolute atomic E-state index is 0.299. The van der Waals surface area contributed by atoms with Crippen LogP contribution in [0, 0.1) is 5.82 Å². The highest BCUT2D eigenvalue weighted by molar-refractivity contribution is 5.89. The van der Waals surface area contributed by atoms with E-state index in [9.17, 15) is 14.0 Å². The van der Waals surface area contributed by atoms with Gasteiger partial charge in [0.25, 0.3) is 5.56 Å². The first-order chi connectivity index (χ1) is 8.65. The largest absolute Gasteiger partial charge is 0.465 e. The average molecular weight is 248 g/mol. The summed E-state index contributed by atoms with van der Waals surface area (Å²) in [5.41, 5.74) is -1.44. The Morgan fingerprint density at radius 2 is 2.17 bits per heavy atom. The van der Waals surface area contributed by atoms with Crippen molar-refractivity contribution < 1.29 is 13.9 Å². The Kier molecular flexibility index (Phi) is 3.18. The van der Waals surface area contributed by atoms with Crippen LogP contribution in [0.15, 0.2) is 41.5 Å². The van der Waals surface area contributed by atoms with Crippen molar-refractivity contribution in [3.05, 3.63) is 58.4 Å². The third-order valence-corrected chi connectivity index (χ3v) is 2.33. The first-order valence-corrected chi connectivity index (χ1v) is 5.06. The van der Waals surface area contributed by atoms with Crippen molar-refractivity contribution in [3.63, 3.8) is 0 Å². The summed E-state index contributed by atoms with van der Waals surface area (Å²) < 4.78 is 18.9. The minimum Gasteiger partial charge on any atom is -0.465 e. The Hall–Kier alpha value is -2.50. The number of halogens is 1. The highest BCUT2D eigenvalue weighted by Crippen LogP contribution is 2.06. The molecule has 0 aliphatic heterocycles. The molecule has 2 aromatic rings. The Bertz CT molecular complexity index is 638. The second-order valence-electron chi connectivity index (χ2n) is 3.39. The van der Waals surface area contributed by atoms with Gasteiger partial charge in [0.1, 0.15) is 11.6 Å². The molecule has 0 atom stereocenters. The Morgan fingerprint density at radius 1 is 1.39 bits per heavy atom. The van der Waals surface area contributed by atoms with Crippen molar-refractivity contribution in [1.29, 1.82) is 0 Å². The maximum atomic E-state index is 13.4. The second kappa shape index (κ2) is 4.79. The van der Waals surface area contributed by atoms with Crippen LogP contribution in [0.3, 0.4) is 0 Å². The zero-order valence-electron chi connectivity index (χ0n) is 9.46. The van der Waals surface area contributed by atoms with Crippen LogP contribution in [0.5, 0.6) is 0 Å². The van der Waals surface area contributed by atoms with E-state index in [0.717, 1.165) is 17.7 Å². The van der Waals surface area contributed by atoms with Gasteiger partial charge in [-0.1, -0.05) is 6.07 Å². The van der Waals surface area contributed by atoms with E-state index in [1.165, 1.54) is 12.4 Å². The lowest BCUT2D eigenvalue weighted by molar-refractivity contribution is 0.0593. The molecule has 0 fully saturated rings. The van der Waals surface area contributed by atoms with Crippen molar-refractivity contribution in [3.8, 4) is 5.82 Å². The lowest BCUT2D eigenvalue weighted by Crippen LogP contribution is -2.27. The van der Waals surface area contributed by atoms with Gasteiger partial charge in [-0.15, -0.1) is 0 Å². The van der Waals surface area contributed by atoms with E-state index < -0.39 is 22.9 Å². The van der Waals surface area contributed by atoms with Crippen LogP contribution in [0.1, 0.15) is 10.4 Å². The molecule has 2 rings (SSSR count). The summed E-state index contributed by atoms with van der Waals surface area (Å²) in [7, 11) is 1.08. The quantitative estimate of drug-likeness (QED) is 0.748. The second-order valence-corrected chi connectivity index (χ2v) is 3.39. The third-order valence-electron chi connectivity index (χ3n) is 2.33. The number of esters is 1. The van der Waals surface area contributed by atoms with E-state index in [1.54, 1.807) is 18.2 Å². The molecule has 6 heteroatoms. The molecule has 5 nitrogen and oxygen atoms in total. The predicted molar refractivity (Wildman–Crippen MR) is 61.1 cm³/mol. The van der Waals surface area contributed by atoms with Crippen LogP contribution in [-0.2, 0) is 4.74 Å². The number of ether oxygens (including phenoxy) is 1. The Balaban J connectivity index is 2.66. The van der Waals surface area contributed by atoms with Gasteiger partial charge in [0.15, 0.2) is 5.56 Å². The fourth-order valence-electron chi connectivity index (χ4n) is 1.48. The molecule has 0 radical (unpaired) electrons. The molecule has 0 bridgehead atoms. The number of hydrogen-bond donors (Lipinski definition) is 0. The zero-order chi connectivity index (χ0) is 13.1. The van der Waals surface area contributed by atoms with E-state index in [1.807, 2.05) is 0 Å². The molecule has 0 saturated carbocycles. The molecule has 2 aromatic heterocycles. The van der Waals surface area contributed by atoms with E-state index in [-0.39, 0.29) is 0 Å². The summed E-state index contributed by atoms with van der Waals surface area (Å²) in [6.45, 7) is 0. The predicted octanol–water partition coefficient (Wildman–Crippen LogP) is 1.16. The van der Waals surface area contributed by atoms with Crippen molar-refractivity contribution in [2.24, 2.45) is 0 Å². The topological polar surface area (TPSA) is 61.2 Å². The summed E-state index contributed by atoms with van der Waals surface area (Å²) in [6, 6.07) is 5.94. The van der Waals surface area contributed by atoms with Gasteiger partial charge in [0.2, 0.25) is 0 Å². The first-order valence-electron chi connectivity index (χ1n) is 5.06. The monoisotopic (exact) mass is 248 g/mol. The van der Waals surface area contributed by atoms with Gasteiger partial charge in [-0.3, -0.25) is 9.36 Å². The highest BCUT2D eigenvalue weighted by atomic mass is 19.1. The van der Waals surface area contributed by atoms with Crippen molar-refractivity contribution in [1.82, 2.24) is 9.55 Å². The standard InChI is InChI=1S/C12H9FN2O3/c1-18-12(17)10-8(13)5-7-15(11(10)16)9-4-2-3-6-14-9/h2-7H,1H3. The van der Waals surface area contributed by atoms with Crippen molar-refractivity contribution >= 4 is 5.97 Å². The molecular formula is C12H9FN2O3. The highest BCUT2D eigenvalue weighted by Gasteiger charge is 2.19. The third kappa shape index (κ3) is 2.00. The number of nitrogens with zero attached hydrogens (tertiary/aromatic N) is 2. The fourth-order valence-corrected chi connectivity index (χ4v) is 1.48. The summed E-state index contributed by atoms with van der Waals surface area (Å²) in [6.07, 6.45) is 2.70. The number of hydrogen-bond acceptors (Lipinski definition) is 4. The van der Waals surface area contributed by atoms with Crippen LogP contribution in [0.2, 0.25) is 0 Å². The summed E-state index contributed by atoms with van der Waals surface area (Å²) in [4.78, 5) is 27.3. The normalized spacial score (nSPS) is 10.1. The number of carbonyl (C=O) groups excluding carboxylic acids is 1. The molecule has 0 saturated heterocycles. The lowest BCUT2D eigenvalue weighted by Gasteiger charge is -2.06. The number of rotatable bonds is 2. The molecule has 0 aliphatic carbocycles. The van der Waals surface area contributed by atoms with Gasteiger partial charge in [-0.25, -0.2) is 14.2 Å². The van der Waals surface area contributed by atoms with Gasteiger partial charge in [-0.05, 0) is 18.2 Å². The average Bonchev–Trinajstić information content (AvgIpc) is 2.39. The smallest absolute Gasteiger partial charge is 0.346 e. The van der Waals surface area contributed by atoms with Crippen LogP contribution in [-0.4, -0.2) is 22.6 Å². The maximum absolute atomic E-state index is 13.4. The SMILES string of the molecule is COC(=O)c1c(F)ccn(-c2ccccn2)c1=O. The molecule has 0 spiro atoms. The molecule has 92 valence electrons. The minimum atomic E-state index is -1.01. The lowest BCUT2D eigenvalue weighted by atomic mass is 10.2. The van der Waals surface area contributed by atoms with Crippen LogP contribution in [0.4, 0.5) is 4.39 Å². The molecular weight excluding hydrogens is 239 g/mol. The maximum Gasteiger partial charge on any atom is 0.346 e. The van der Waals surface area contributed by atoms with Gasteiger partial charge < -0.3 is 4.74 Å². The number of aromatic nitrogens is 2. The zero-order valence-corrected chi connectivity index (χ0v) is 9.46. The van der Waals surface area contributed by atoms with Gasteiger partial charge >= 0.3 is 5.97 Å². The first kappa shape index (κ1) is 12.0. The molecule has 2 heterocycles. The van der Waals surface area contributed by atoms with Crippen LogP contribution >= 0.6 is 0 Å². The molecule has 0 aromatic carbocycles.